The van der Waals surface area contributed by atoms with E-state index in [9.17, 15) is 4.79 Å². The van der Waals surface area contributed by atoms with Gasteiger partial charge in [0.2, 0.25) is 5.95 Å². The van der Waals surface area contributed by atoms with E-state index in [1.165, 1.54) is 50.9 Å². The number of carbonyl (C=O) groups is 1. The van der Waals surface area contributed by atoms with E-state index in [-0.39, 0.29) is 5.56 Å². The lowest BCUT2D eigenvalue weighted by atomic mass is 10.1. The minimum absolute atomic E-state index is 0.132. The molecule has 18 heavy (non-hydrogen) atoms. The van der Waals surface area contributed by atoms with Crippen LogP contribution in [0, 0.1) is 0 Å². The Hall–Kier alpha value is -1.65. The molecule has 1 heterocycles. The second-order valence-electron chi connectivity index (χ2n) is 4.83. The van der Waals surface area contributed by atoms with Crippen molar-refractivity contribution in [2.45, 2.75) is 44.6 Å². The molecule has 0 spiro atoms. The zero-order valence-corrected chi connectivity index (χ0v) is 10.7. The third kappa shape index (κ3) is 2.97. The third-order valence-corrected chi connectivity index (χ3v) is 3.57. The molecule has 5 heteroatoms. The fraction of sp³-hybridized carbons (Fsp3) is 0.615. The van der Waals surface area contributed by atoms with Crippen LogP contribution < -0.4 is 4.90 Å². The van der Waals surface area contributed by atoms with Gasteiger partial charge in [-0.1, -0.05) is 25.7 Å². The van der Waals surface area contributed by atoms with Gasteiger partial charge in [-0.15, -0.1) is 0 Å². The van der Waals surface area contributed by atoms with Gasteiger partial charge in [0, 0.05) is 25.5 Å². The smallest absolute Gasteiger partial charge is 0.338 e. The van der Waals surface area contributed by atoms with Crippen LogP contribution in [0.5, 0.6) is 0 Å². The van der Waals surface area contributed by atoms with Crippen LogP contribution in [0.15, 0.2) is 12.4 Å². The summed E-state index contributed by atoms with van der Waals surface area (Å²) in [6.45, 7) is 0. The minimum Gasteiger partial charge on any atom is -0.478 e. The van der Waals surface area contributed by atoms with Crippen molar-refractivity contribution < 1.29 is 9.90 Å². The molecule has 1 aliphatic rings. The lowest BCUT2D eigenvalue weighted by Crippen LogP contribution is -2.32. The van der Waals surface area contributed by atoms with Gasteiger partial charge in [-0.3, -0.25) is 0 Å². The summed E-state index contributed by atoms with van der Waals surface area (Å²) >= 11 is 0. The minimum atomic E-state index is -0.987. The Balaban J connectivity index is 2.07. The van der Waals surface area contributed by atoms with Crippen LogP contribution in [0.4, 0.5) is 5.95 Å². The SMILES string of the molecule is CN(c1ncc(C(=O)O)cn1)C1CCCCCC1. The third-order valence-electron chi connectivity index (χ3n) is 3.57. The highest BCUT2D eigenvalue weighted by Gasteiger charge is 2.19. The van der Waals surface area contributed by atoms with Crippen LogP contribution in [-0.2, 0) is 0 Å². The first-order valence-corrected chi connectivity index (χ1v) is 6.46. The Bertz CT molecular complexity index is 397. The van der Waals surface area contributed by atoms with Gasteiger partial charge in [-0.25, -0.2) is 14.8 Å². The Morgan fingerprint density at radius 3 is 2.28 bits per heavy atom. The Morgan fingerprint density at radius 1 is 1.22 bits per heavy atom. The fourth-order valence-corrected chi connectivity index (χ4v) is 2.42. The van der Waals surface area contributed by atoms with E-state index in [4.69, 9.17) is 5.11 Å². The maximum Gasteiger partial charge on any atom is 0.338 e. The molecule has 0 saturated heterocycles. The van der Waals surface area contributed by atoms with E-state index in [0.717, 1.165) is 0 Å². The number of carboxylic acid groups (broad SMARTS) is 1. The Kier molecular flexibility index (Phi) is 4.12. The zero-order chi connectivity index (χ0) is 13.0. The molecule has 0 unspecified atom stereocenters. The first-order chi connectivity index (χ1) is 8.68. The number of nitrogens with zero attached hydrogens (tertiary/aromatic N) is 3. The lowest BCUT2D eigenvalue weighted by Gasteiger charge is -2.27. The predicted octanol–water partition coefficient (Wildman–Crippen LogP) is 2.33. The highest BCUT2D eigenvalue weighted by Crippen LogP contribution is 2.23. The predicted molar refractivity (Wildman–Crippen MR) is 68.9 cm³/mol. The molecule has 1 N–H and O–H groups in total. The second-order valence-corrected chi connectivity index (χ2v) is 4.83. The highest BCUT2D eigenvalue weighted by molar-refractivity contribution is 5.86. The molecule has 2 rings (SSSR count). The van der Waals surface area contributed by atoms with Gasteiger partial charge in [-0.2, -0.15) is 0 Å². The molecule has 5 nitrogen and oxygen atoms in total. The number of hydrogen-bond donors (Lipinski definition) is 1. The topological polar surface area (TPSA) is 66.3 Å². The van der Waals surface area contributed by atoms with Gasteiger partial charge in [0.05, 0.1) is 5.56 Å². The summed E-state index contributed by atoms with van der Waals surface area (Å²) in [7, 11) is 1.99. The molecule has 0 aromatic carbocycles. The molecular formula is C13H19N3O2. The highest BCUT2D eigenvalue weighted by atomic mass is 16.4. The van der Waals surface area contributed by atoms with Crippen LogP contribution in [0.3, 0.4) is 0 Å². The van der Waals surface area contributed by atoms with E-state index >= 15 is 0 Å². The summed E-state index contributed by atoms with van der Waals surface area (Å²) < 4.78 is 0. The lowest BCUT2D eigenvalue weighted by molar-refractivity contribution is 0.0696. The van der Waals surface area contributed by atoms with Gasteiger partial charge in [0.1, 0.15) is 0 Å². The Labute approximate surface area is 107 Å². The van der Waals surface area contributed by atoms with Crippen molar-refractivity contribution in [3.63, 3.8) is 0 Å². The number of carboxylic acids is 1. The normalized spacial score (nSPS) is 17.2. The van der Waals surface area contributed by atoms with Crippen molar-refractivity contribution in [2.24, 2.45) is 0 Å². The molecule has 1 saturated carbocycles. The van der Waals surface area contributed by atoms with Crippen molar-refractivity contribution in [3.8, 4) is 0 Å². The maximum atomic E-state index is 10.7. The van der Waals surface area contributed by atoms with Crippen molar-refractivity contribution >= 4 is 11.9 Å². The first kappa shape index (κ1) is 12.8. The molecule has 0 amide bonds. The number of aromatic nitrogens is 2. The summed E-state index contributed by atoms with van der Waals surface area (Å²) in [5.41, 5.74) is 0.132. The quantitative estimate of drug-likeness (QED) is 0.833. The number of aromatic carboxylic acids is 1. The molecule has 1 aliphatic carbocycles. The van der Waals surface area contributed by atoms with Gasteiger partial charge in [-0.05, 0) is 12.8 Å². The fourth-order valence-electron chi connectivity index (χ4n) is 2.42. The monoisotopic (exact) mass is 249 g/mol. The molecule has 98 valence electrons. The van der Waals surface area contributed by atoms with Gasteiger partial charge in [0.15, 0.2) is 0 Å². The van der Waals surface area contributed by atoms with E-state index in [1.54, 1.807) is 0 Å². The van der Waals surface area contributed by atoms with E-state index in [0.29, 0.717) is 12.0 Å². The molecule has 1 aromatic heterocycles. The van der Waals surface area contributed by atoms with Crippen LogP contribution in [0.25, 0.3) is 0 Å². The standard InChI is InChI=1S/C13H19N3O2/c1-16(11-6-4-2-3-5-7-11)13-14-8-10(9-15-13)12(17)18/h8-9,11H,2-7H2,1H3,(H,17,18). The summed E-state index contributed by atoms with van der Waals surface area (Å²) in [6.07, 6.45) is 10.2. The van der Waals surface area contributed by atoms with Crippen molar-refractivity contribution in [2.75, 3.05) is 11.9 Å². The van der Waals surface area contributed by atoms with Gasteiger partial charge >= 0.3 is 5.97 Å². The number of rotatable bonds is 3. The van der Waals surface area contributed by atoms with Crippen molar-refractivity contribution in [1.82, 2.24) is 9.97 Å². The molecule has 1 aromatic rings. The van der Waals surface area contributed by atoms with Crippen LogP contribution in [0.2, 0.25) is 0 Å². The molecule has 0 atom stereocenters. The summed E-state index contributed by atoms with van der Waals surface area (Å²) in [5.74, 6) is -0.370. The van der Waals surface area contributed by atoms with Gasteiger partial charge < -0.3 is 10.0 Å². The average molecular weight is 249 g/mol. The Morgan fingerprint density at radius 2 is 1.78 bits per heavy atom. The van der Waals surface area contributed by atoms with Gasteiger partial charge in [0.25, 0.3) is 0 Å². The number of anilines is 1. The van der Waals surface area contributed by atoms with E-state index in [2.05, 4.69) is 14.9 Å². The second kappa shape index (κ2) is 5.80. The van der Waals surface area contributed by atoms with Crippen LogP contribution in [0.1, 0.15) is 48.9 Å². The number of hydrogen-bond acceptors (Lipinski definition) is 4. The molecule has 0 radical (unpaired) electrons. The zero-order valence-electron chi connectivity index (χ0n) is 10.7. The summed E-state index contributed by atoms with van der Waals surface area (Å²) in [6, 6.07) is 0.475. The molecule has 1 fully saturated rings. The maximum absolute atomic E-state index is 10.7. The average Bonchev–Trinajstić information content (AvgIpc) is 2.67. The van der Waals surface area contributed by atoms with E-state index < -0.39 is 5.97 Å². The first-order valence-electron chi connectivity index (χ1n) is 6.46. The largest absolute Gasteiger partial charge is 0.478 e. The summed E-state index contributed by atoms with van der Waals surface area (Å²) in [4.78, 5) is 21.1. The van der Waals surface area contributed by atoms with Crippen molar-refractivity contribution in [1.29, 1.82) is 0 Å². The molecular weight excluding hydrogens is 230 g/mol. The van der Waals surface area contributed by atoms with Crippen molar-refractivity contribution in [3.05, 3.63) is 18.0 Å². The van der Waals surface area contributed by atoms with Crippen LogP contribution in [-0.4, -0.2) is 34.1 Å². The van der Waals surface area contributed by atoms with Crippen LogP contribution >= 0.6 is 0 Å². The molecule has 0 aliphatic heterocycles. The molecule has 0 bridgehead atoms. The van der Waals surface area contributed by atoms with E-state index in [1.807, 2.05) is 7.05 Å². The summed E-state index contributed by atoms with van der Waals surface area (Å²) in [5, 5.41) is 8.81.